The van der Waals surface area contributed by atoms with Crippen LogP contribution in [0.4, 0.5) is 0 Å². The molecule has 1 aromatic heterocycles. The first-order valence-corrected chi connectivity index (χ1v) is 16.2. The van der Waals surface area contributed by atoms with E-state index in [1.165, 1.54) is 56.7 Å². The van der Waals surface area contributed by atoms with Gasteiger partial charge in [0.15, 0.2) is 23.0 Å². The maximum Gasteiger partial charge on any atom is 0.160 e. The van der Waals surface area contributed by atoms with Crippen LogP contribution in [-0.4, -0.2) is 72.3 Å². The van der Waals surface area contributed by atoms with Crippen LogP contribution in [0.25, 0.3) is 10.9 Å². The molecule has 3 aliphatic heterocycles. The highest BCUT2D eigenvalue weighted by molar-refractivity contribution is 5.88. The largest absolute Gasteiger partial charge is 0.504 e. The predicted octanol–water partition coefficient (Wildman–Crippen LogP) is 6.27. The van der Waals surface area contributed by atoms with Crippen LogP contribution in [-0.2, 0) is 6.42 Å². The van der Waals surface area contributed by atoms with Crippen LogP contribution in [0.1, 0.15) is 71.9 Å². The first-order chi connectivity index (χ1) is 21.9. The molecule has 7 atom stereocenters. The number of fused-ring (bicyclic) bond motifs is 4. The number of benzene rings is 3. The summed E-state index contributed by atoms with van der Waals surface area (Å²) in [6, 6.07) is 15.5. The smallest absolute Gasteiger partial charge is 0.160 e. The van der Waals surface area contributed by atoms with Gasteiger partial charge in [0.05, 0.1) is 27.9 Å². The fraction of sp³-hybridized carbons (Fsp3) is 0.459. The Morgan fingerprint density at radius 2 is 1.58 bits per heavy atom. The zero-order chi connectivity index (χ0) is 31.4. The number of aliphatic hydroxyl groups excluding tert-OH is 1. The van der Waals surface area contributed by atoms with E-state index < -0.39 is 5.92 Å². The average Bonchev–Trinajstić information content (AvgIpc) is 3.38. The van der Waals surface area contributed by atoms with Crippen LogP contribution in [0.15, 0.2) is 48.5 Å². The van der Waals surface area contributed by atoms with E-state index in [0.717, 1.165) is 52.8 Å². The lowest BCUT2D eigenvalue weighted by Crippen LogP contribution is -2.56. The summed E-state index contributed by atoms with van der Waals surface area (Å²) in [5.41, 5.74) is 6.46. The number of rotatable bonds is 9. The van der Waals surface area contributed by atoms with Crippen LogP contribution in [0.3, 0.4) is 0 Å². The SMILES string of the molecule is CCC1CC2CC3c4[nH]c5cc(C(c6ccc(O)c(OC)c6)C(CO)c6ccc(O)c(OC)c6)c(OC)cc5c4CCN(C2)C13. The number of hydrogen-bond donors (Lipinski definition) is 4. The number of hydrogen-bond acceptors (Lipinski definition) is 7. The number of phenols is 2. The van der Waals surface area contributed by atoms with Crippen LogP contribution < -0.4 is 14.2 Å². The molecule has 0 radical (unpaired) electrons. The average molecular weight is 613 g/mol. The summed E-state index contributed by atoms with van der Waals surface area (Å²) < 4.78 is 17.1. The fourth-order valence-corrected chi connectivity index (χ4v) is 9.00. The van der Waals surface area contributed by atoms with E-state index in [-0.39, 0.29) is 24.0 Å². The lowest BCUT2D eigenvalue weighted by molar-refractivity contribution is -0.0134. The molecular weight excluding hydrogens is 568 g/mol. The minimum atomic E-state index is -0.430. The topological polar surface area (TPSA) is 107 Å². The molecule has 0 spiro atoms. The molecule has 8 nitrogen and oxygen atoms in total. The number of methoxy groups -OCH3 is 3. The maximum atomic E-state index is 11.0. The number of nitrogens with one attached hydrogen (secondary N) is 1. The van der Waals surface area contributed by atoms with Gasteiger partial charge in [-0.25, -0.2) is 0 Å². The maximum absolute atomic E-state index is 11.0. The Morgan fingerprint density at radius 3 is 2.24 bits per heavy atom. The predicted molar refractivity (Wildman–Crippen MR) is 174 cm³/mol. The molecule has 1 aliphatic carbocycles. The van der Waals surface area contributed by atoms with Crippen molar-refractivity contribution in [2.75, 3.05) is 41.0 Å². The van der Waals surface area contributed by atoms with Crippen molar-refractivity contribution in [2.24, 2.45) is 11.8 Å². The fourth-order valence-electron chi connectivity index (χ4n) is 9.00. The van der Waals surface area contributed by atoms with Crippen molar-refractivity contribution in [3.8, 4) is 28.7 Å². The quantitative estimate of drug-likeness (QED) is 0.176. The van der Waals surface area contributed by atoms with Gasteiger partial charge in [-0.15, -0.1) is 0 Å². The van der Waals surface area contributed by atoms with Gasteiger partial charge in [-0.1, -0.05) is 25.5 Å². The van der Waals surface area contributed by atoms with E-state index in [1.807, 2.05) is 18.2 Å². The zero-order valence-electron chi connectivity index (χ0n) is 26.5. The number of aliphatic hydroxyl groups is 1. The standard InChI is InChI=1S/C37H44N2O6/c1-5-21-12-20-13-27-36-24(10-11-39(18-20)37(21)27)25-17-32(43-2)26(16-29(25)38-36)35(23-7-9-31(42)34(15-23)45-4)28(19-40)22-6-8-30(41)33(14-22)44-3/h6-9,14-17,20-21,27-28,35,37-38,40-42H,5,10-13,18-19H2,1-4H3. The first kappa shape index (κ1) is 29.8. The molecule has 238 valence electrons. The van der Waals surface area contributed by atoms with E-state index in [1.54, 1.807) is 25.3 Å². The minimum Gasteiger partial charge on any atom is -0.504 e. The highest BCUT2D eigenvalue weighted by Gasteiger charge is 2.48. The molecule has 8 rings (SSSR count). The van der Waals surface area contributed by atoms with Gasteiger partial charge in [0, 0.05) is 59.0 Å². The second-order valence-electron chi connectivity index (χ2n) is 13.1. The number of aromatic hydroxyl groups is 2. The molecule has 7 unspecified atom stereocenters. The summed E-state index contributed by atoms with van der Waals surface area (Å²) >= 11 is 0. The van der Waals surface area contributed by atoms with E-state index >= 15 is 0 Å². The lowest BCUT2D eigenvalue weighted by atomic mass is 9.65. The minimum absolute atomic E-state index is 0.0352. The van der Waals surface area contributed by atoms with Crippen molar-refractivity contribution in [3.05, 3.63) is 76.5 Å². The highest BCUT2D eigenvalue weighted by atomic mass is 16.5. The van der Waals surface area contributed by atoms with E-state index in [4.69, 9.17) is 14.2 Å². The van der Waals surface area contributed by atoms with Crippen LogP contribution >= 0.6 is 0 Å². The van der Waals surface area contributed by atoms with Crippen molar-refractivity contribution >= 4 is 10.9 Å². The number of ether oxygens (including phenoxy) is 3. The zero-order valence-corrected chi connectivity index (χ0v) is 26.5. The molecule has 2 saturated heterocycles. The van der Waals surface area contributed by atoms with Gasteiger partial charge < -0.3 is 34.5 Å². The Morgan fingerprint density at radius 1 is 0.889 bits per heavy atom. The third-order valence-electron chi connectivity index (χ3n) is 11.0. The van der Waals surface area contributed by atoms with Gasteiger partial charge in [0.2, 0.25) is 0 Å². The summed E-state index contributed by atoms with van der Waals surface area (Å²) in [6.07, 6.45) is 4.83. The Kier molecular flexibility index (Phi) is 7.82. The van der Waals surface area contributed by atoms with Gasteiger partial charge in [-0.2, -0.15) is 0 Å². The first-order valence-electron chi connectivity index (χ1n) is 16.2. The number of nitrogens with zero attached hydrogens (tertiary/aromatic N) is 1. The second kappa shape index (κ2) is 11.8. The molecular formula is C37H44N2O6. The number of phenolic OH excluding ortho intramolecular Hbond substituents is 2. The summed E-state index contributed by atoms with van der Waals surface area (Å²) in [5.74, 6) is 2.71. The molecule has 4 N–H and O–H groups in total. The molecule has 3 fully saturated rings. The highest BCUT2D eigenvalue weighted by Crippen LogP contribution is 2.52. The van der Waals surface area contributed by atoms with Crippen molar-refractivity contribution < 1.29 is 29.5 Å². The molecule has 3 aromatic carbocycles. The van der Waals surface area contributed by atoms with E-state index in [0.29, 0.717) is 23.5 Å². The Labute approximate surface area is 264 Å². The second-order valence-corrected chi connectivity index (χ2v) is 13.1. The van der Waals surface area contributed by atoms with Crippen molar-refractivity contribution in [3.63, 3.8) is 0 Å². The normalized spacial score (nSPS) is 25.0. The molecule has 1 saturated carbocycles. The van der Waals surface area contributed by atoms with Gasteiger partial charge in [-0.3, -0.25) is 4.90 Å². The van der Waals surface area contributed by atoms with Gasteiger partial charge in [0.1, 0.15) is 5.75 Å². The summed E-state index contributed by atoms with van der Waals surface area (Å²) in [4.78, 5) is 6.70. The third-order valence-corrected chi connectivity index (χ3v) is 11.0. The molecule has 45 heavy (non-hydrogen) atoms. The molecule has 8 heteroatoms. The molecule has 4 aromatic rings. The van der Waals surface area contributed by atoms with Crippen molar-refractivity contribution in [2.45, 2.75) is 56.4 Å². The Hall–Kier alpha value is -3.88. The van der Waals surface area contributed by atoms with Crippen LogP contribution in [0.5, 0.6) is 28.7 Å². The lowest BCUT2D eigenvalue weighted by Gasteiger charge is -2.53. The summed E-state index contributed by atoms with van der Waals surface area (Å²) in [7, 11) is 4.75. The van der Waals surface area contributed by atoms with Crippen LogP contribution in [0.2, 0.25) is 0 Å². The molecule has 4 heterocycles. The number of aromatic amines is 1. The third kappa shape index (κ3) is 4.90. The van der Waals surface area contributed by atoms with E-state index in [9.17, 15) is 15.3 Å². The van der Waals surface area contributed by atoms with Gasteiger partial charge in [-0.05, 0) is 84.2 Å². The molecule has 4 aliphatic rings. The Bertz CT molecular complexity index is 1720. The van der Waals surface area contributed by atoms with Crippen LogP contribution in [0, 0.1) is 11.8 Å². The number of piperidine rings is 2. The van der Waals surface area contributed by atoms with Gasteiger partial charge >= 0.3 is 0 Å². The number of H-pyrrole nitrogens is 1. The number of aromatic nitrogens is 1. The van der Waals surface area contributed by atoms with Crippen molar-refractivity contribution in [1.29, 1.82) is 0 Å². The van der Waals surface area contributed by atoms with Gasteiger partial charge in [0.25, 0.3) is 0 Å². The molecule has 4 bridgehead atoms. The van der Waals surface area contributed by atoms with Crippen molar-refractivity contribution in [1.82, 2.24) is 9.88 Å². The summed E-state index contributed by atoms with van der Waals surface area (Å²) in [5, 5.41) is 33.0. The molecule has 0 amide bonds. The monoisotopic (exact) mass is 612 g/mol. The Balaban J connectivity index is 1.41. The van der Waals surface area contributed by atoms with E-state index in [2.05, 4.69) is 28.9 Å². The summed E-state index contributed by atoms with van der Waals surface area (Å²) in [6.45, 7) is 4.49.